The second kappa shape index (κ2) is 5.80. The quantitative estimate of drug-likeness (QED) is 0.873. The Morgan fingerprint density at radius 3 is 2.53 bits per heavy atom. The third-order valence-electron chi connectivity index (χ3n) is 3.15. The molecule has 1 aromatic rings. The van der Waals surface area contributed by atoms with Crippen molar-refractivity contribution in [3.8, 4) is 5.75 Å². The molecule has 1 aromatic carbocycles. The fourth-order valence-electron chi connectivity index (χ4n) is 1.24. The number of nitrogens with one attached hydrogen (secondary N) is 1. The molecule has 4 nitrogen and oxygen atoms in total. The molecule has 2 N–H and O–H groups in total. The van der Waals surface area contributed by atoms with E-state index < -0.39 is 11.1 Å². The van der Waals surface area contributed by atoms with Gasteiger partial charge in [0.25, 0.3) is 5.91 Å². The van der Waals surface area contributed by atoms with Crippen LogP contribution in [0, 0.1) is 0 Å². The Balaban J connectivity index is 2.53. The van der Waals surface area contributed by atoms with Crippen LogP contribution >= 0.6 is 11.6 Å². The van der Waals surface area contributed by atoms with Crippen molar-refractivity contribution < 1.29 is 14.6 Å². The number of halogens is 1. The van der Waals surface area contributed by atoms with E-state index in [0.29, 0.717) is 10.8 Å². The van der Waals surface area contributed by atoms with Crippen LogP contribution in [0.5, 0.6) is 5.75 Å². The van der Waals surface area contributed by atoms with Crippen LogP contribution in [-0.2, 0) is 4.79 Å². The maximum absolute atomic E-state index is 11.8. The van der Waals surface area contributed by atoms with Crippen molar-refractivity contribution in [2.75, 3.05) is 6.61 Å². The number of rotatable bonds is 5. The number of carbonyl (C=O) groups excluding carboxylic acids is 1. The van der Waals surface area contributed by atoms with E-state index in [2.05, 4.69) is 5.32 Å². The van der Waals surface area contributed by atoms with Crippen molar-refractivity contribution in [2.24, 2.45) is 0 Å². The van der Waals surface area contributed by atoms with Crippen molar-refractivity contribution in [1.29, 1.82) is 0 Å². The lowest BCUT2D eigenvalue weighted by molar-refractivity contribution is -0.128. The van der Waals surface area contributed by atoms with E-state index in [-0.39, 0.29) is 12.5 Å². The number of carbonyl (C=O) groups is 1. The number of aliphatic hydroxyl groups is 1. The van der Waals surface area contributed by atoms with Gasteiger partial charge in [-0.1, -0.05) is 17.7 Å². The molecule has 5 heteroatoms. The number of hydrogen-bond donors (Lipinski definition) is 2. The van der Waals surface area contributed by atoms with E-state index in [0.717, 1.165) is 0 Å². The summed E-state index contributed by atoms with van der Waals surface area (Å²) in [5.41, 5.74) is -1.78. The molecule has 0 radical (unpaired) electrons. The Morgan fingerprint density at radius 1 is 1.37 bits per heavy atom. The average Bonchev–Trinajstić information content (AvgIpc) is 2.24. The first-order chi connectivity index (χ1) is 8.62. The lowest BCUT2D eigenvalue weighted by Crippen LogP contribution is -2.58. The zero-order valence-corrected chi connectivity index (χ0v) is 12.4. The minimum absolute atomic E-state index is 0.125. The first-order valence-electron chi connectivity index (χ1n) is 6.03. The third kappa shape index (κ3) is 4.73. The van der Waals surface area contributed by atoms with Crippen molar-refractivity contribution in [1.82, 2.24) is 5.32 Å². The maximum atomic E-state index is 11.8. The molecule has 0 bridgehead atoms. The number of benzene rings is 1. The second-order valence-electron chi connectivity index (χ2n) is 5.48. The monoisotopic (exact) mass is 285 g/mol. The van der Waals surface area contributed by atoms with Gasteiger partial charge in [0.2, 0.25) is 0 Å². The van der Waals surface area contributed by atoms with Crippen LogP contribution in [0.1, 0.15) is 27.7 Å². The van der Waals surface area contributed by atoms with Gasteiger partial charge in [0.05, 0.1) is 11.1 Å². The standard InChI is InChI=1S/C14H20ClNO3/c1-13(2,14(3,4)18)16-12(17)9-19-11-7-5-6-10(15)8-11/h5-8,18H,9H2,1-4H3,(H,16,17). The van der Waals surface area contributed by atoms with Crippen molar-refractivity contribution in [3.63, 3.8) is 0 Å². The molecular formula is C14H20ClNO3. The smallest absolute Gasteiger partial charge is 0.258 e. The fourth-order valence-corrected chi connectivity index (χ4v) is 1.42. The molecule has 0 atom stereocenters. The number of ether oxygens (including phenoxy) is 1. The highest BCUT2D eigenvalue weighted by Gasteiger charge is 2.36. The number of amides is 1. The molecule has 1 rings (SSSR count). The Hall–Kier alpha value is -1.26. The Bertz CT molecular complexity index is 452. The summed E-state index contributed by atoms with van der Waals surface area (Å²) in [7, 11) is 0. The molecule has 0 spiro atoms. The van der Waals surface area contributed by atoms with Gasteiger partial charge in [0.1, 0.15) is 5.75 Å². The summed E-state index contributed by atoms with van der Waals surface area (Å²) < 4.78 is 5.33. The molecular weight excluding hydrogens is 266 g/mol. The molecule has 0 aliphatic carbocycles. The topological polar surface area (TPSA) is 58.6 Å². The Morgan fingerprint density at radius 2 is 2.00 bits per heavy atom. The molecule has 0 saturated carbocycles. The summed E-state index contributed by atoms with van der Waals surface area (Å²) >= 11 is 5.81. The van der Waals surface area contributed by atoms with Crippen LogP contribution in [0.25, 0.3) is 0 Å². The van der Waals surface area contributed by atoms with Gasteiger partial charge in [0, 0.05) is 5.02 Å². The molecule has 0 unspecified atom stereocenters. The lowest BCUT2D eigenvalue weighted by Gasteiger charge is -2.37. The molecule has 0 aliphatic rings. The SMILES string of the molecule is CC(C)(O)C(C)(C)NC(=O)COc1cccc(Cl)c1. The first kappa shape index (κ1) is 15.8. The summed E-state index contributed by atoms with van der Waals surface area (Å²) in [5, 5.41) is 13.2. The Labute approximate surface area is 118 Å². The summed E-state index contributed by atoms with van der Waals surface area (Å²) in [6.07, 6.45) is 0. The predicted molar refractivity (Wildman–Crippen MR) is 75.5 cm³/mol. The summed E-state index contributed by atoms with van der Waals surface area (Å²) in [5.74, 6) is 0.232. The zero-order valence-electron chi connectivity index (χ0n) is 11.7. The second-order valence-corrected chi connectivity index (χ2v) is 5.91. The van der Waals surface area contributed by atoms with Gasteiger partial charge in [-0.2, -0.15) is 0 Å². The van der Waals surface area contributed by atoms with Gasteiger partial charge in [-0.15, -0.1) is 0 Å². The minimum atomic E-state index is -1.03. The molecule has 1 amide bonds. The van der Waals surface area contributed by atoms with Crippen LogP contribution in [0.2, 0.25) is 5.02 Å². The van der Waals surface area contributed by atoms with Crippen LogP contribution in [0.3, 0.4) is 0 Å². The van der Waals surface area contributed by atoms with Crippen molar-refractivity contribution >= 4 is 17.5 Å². The van der Waals surface area contributed by atoms with Crippen LogP contribution in [0.4, 0.5) is 0 Å². The van der Waals surface area contributed by atoms with E-state index in [9.17, 15) is 9.90 Å². The van der Waals surface area contributed by atoms with Crippen LogP contribution < -0.4 is 10.1 Å². The molecule has 0 aromatic heterocycles. The fraction of sp³-hybridized carbons (Fsp3) is 0.500. The highest BCUT2D eigenvalue weighted by Crippen LogP contribution is 2.20. The number of hydrogen-bond acceptors (Lipinski definition) is 3. The lowest BCUT2D eigenvalue weighted by atomic mass is 9.86. The van der Waals surface area contributed by atoms with E-state index in [1.54, 1.807) is 52.0 Å². The molecule has 0 fully saturated rings. The van der Waals surface area contributed by atoms with Crippen LogP contribution in [0.15, 0.2) is 24.3 Å². The van der Waals surface area contributed by atoms with Gasteiger partial charge in [-0.25, -0.2) is 0 Å². The molecule has 19 heavy (non-hydrogen) atoms. The van der Waals surface area contributed by atoms with E-state index in [1.165, 1.54) is 0 Å². The van der Waals surface area contributed by atoms with E-state index >= 15 is 0 Å². The molecule has 0 aliphatic heterocycles. The minimum Gasteiger partial charge on any atom is -0.484 e. The molecule has 0 saturated heterocycles. The van der Waals surface area contributed by atoms with Gasteiger partial charge >= 0.3 is 0 Å². The summed E-state index contributed by atoms with van der Waals surface area (Å²) in [4.78, 5) is 11.8. The zero-order chi connectivity index (χ0) is 14.7. The van der Waals surface area contributed by atoms with Crippen LogP contribution in [-0.4, -0.2) is 28.8 Å². The van der Waals surface area contributed by atoms with Crippen molar-refractivity contribution in [3.05, 3.63) is 29.3 Å². The highest BCUT2D eigenvalue weighted by atomic mass is 35.5. The summed E-state index contributed by atoms with van der Waals surface area (Å²) in [6.45, 7) is 6.67. The van der Waals surface area contributed by atoms with Gasteiger partial charge in [-0.3, -0.25) is 4.79 Å². The first-order valence-corrected chi connectivity index (χ1v) is 6.41. The predicted octanol–water partition coefficient (Wildman–Crippen LogP) is 2.38. The third-order valence-corrected chi connectivity index (χ3v) is 3.38. The van der Waals surface area contributed by atoms with Gasteiger partial charge in [-0.05, 0) is 45.9 Å². The maximum Gasteiger partial charge on any atom is 0.258 e. The van der Waals surface area contributed by atoms with Gasteiger partial charge in [0.15, 0.2) is 6.61 Å². The van der Waals surface area contributed by atoms with E-state index in [4.69, 9.17) is 16.3 Å². The Kier molecular flexibility index (Phi) is 4.82. The summed E-state index contributed by atoms with van der Waals surface area (Å²) in [6, 6.07) is 6.83. The van der Waals surface area contributed by atoms with Crippen molar-refractivity contribution in [2.45, 2.75) is 38.8 Å². The normalized spacial score (nSPS) is 12.1. The van der Waals surface area contributed by atoms with E-state index in [1.807, 2.05) is 0 Å². The van der Waals surface area contributed by atoms with Gasteiger partial charge < -0.3 is 15.2 Å². The average molecular weight is 286 g/mol. The molecule has 106 valence electrons. The largest absolute Gasteiger partial charge is 0.484 e. The molecule has 0 heterocycles. The highest BCUT2D eigenvalue weighted by molar-refractivity contribution is 6.30.